The van der Waals surface area contributed by atoms with E-state index in [1.54, 1.807) is 18.0 Å². The van der Waals surface area contributed by atoms with Crippen molar-refractivity contribution >= 4 is 33.4 Å². The summed E-state index contributed by atoms with van der Waals surface area (Å²) in [4.78, 5) is 16.3. The second-order valence-electron chi connectivity index (χ2n) is 3.14. The summed E-state index contributed by atoms with van der Waals surface area (Å²) in [7, 11) is 1.78. The van der Waals surface area contributed by atoms with Gasteiger partial charge in [0, 0.05) is 13.6 Å². The van der Waals surface area contributed by atoms with Crippen molar-refractivity contribution in [2.24, 2.45) is 0 Å². The number of carboxylic acid groups (broad SMARTS) is 1. The molecule has 0 amide bonds. The van der Waals surface area contributed by atoms with Crippen LogP contribution in [0, 0.1) is 0 Å². The molecule has 6 heteroatoms. The van der Waals surface area contributed by atoms with Crippen molar-refractivity contribution in [2.45, 2.75) is 6.42 Å². The van der Waals surface area contributed by atoms with Crippen molar-refractivity contribution in [1.82, 2.24) is 4.98 Å². The summed E-state index contributed by atoms with van der Waals surface area (Å²) in [6, 6.07) is 1.74. The Morgan fingerprint density at radius 2 is 2.40 bits per heavy atom. The number of aliphatic carboxylic acids is 1. The van der Waals surface area contributed by atoms with Crippen LogP contribution >= 0.6 is 15.9 Å². The van der Waals surface area contributed by atoms with Gasteiger partial charge in [0.2, 0.25) is 0 Å². The molecule has 0 spiro atoms. The summed E-state index contributed by atoms with van der Waals surface area (Å²) in [5.74, 6) is -0.140. The molecular weight excluding hydrogens is 262 g/mol. The van der Waals surface area contributed by atoms with Crippen LogP contribution in [0.3, 0.4) is 0 Å². The number of nitrogen functional groups attached to an aromatic ring is 1. The molecule has 0 fully saturated rings. The molecule has 0 atom stereocenters. The van der Waals surface area contributed by atoms with Gasteiger partial charge in [-0.2, -0.15) is 0 Å². The zero-order valence-electron chi connectivity index (χ0n) is 8.27. The van der Waals surface area contributed by atoms with Crippen molar-refractivity contribution in [3.63, 3.8) is 0 Å². The first-order valence-corrected chi connectivity index (χ1v) is 5.14. The molecule has 1 aromatic heterocycles. The molecule has 1 heterocycles. The quantitative estimate of drug-likeness (QED) is 0.866. The van der Waals surface area contributed by atoms with Gasteiger partial charge in [-0.15, -0.1) is 0 Å². The number of rotatable bonds is 4. The Hall–Kier alpha value is -1.30. The molecule has 0 aliphatic carbocycles. The van der Waals surface area contributed by atoms with E-state index in [-0.39, 0.29) is 6.42 Å². The van der Waals surface area contributed by atoms with E-state index >= 15 is 0 Å². The normalized spacial score (nSPS) is 10.0. The second kappa shape index (κ2) is 4.97. The minimum absolute atomic E-state index is 0.0784. The number of hydrogen-bond donors (Lipinski definition) is 2. The van der Waals surface area contributed by atoms with Gasteiger partial charge in [-0.3, -0.25) is 4.79 Å². The van der Waals surface area contributed by atoms with Crippen LogP contribution < -0.4 is 10.6 Å². The highest BCUT2D eigenvalue weighted by atomic mass is 79.9. The Bertz CT molecular complexity index is 370. The Balaban J connectivity index is 2.73. The number of nitrogens with two attached hydrogens (primary N) is 1. The monoisotopic (exact) mass is 273 g/mol. The van der Waals surface area contributed by atoms with E-state index in [4.69, 9.17) is 10.8 Å². The Morgan fingerprint density at radius 1 is 1.73 bits per heavy atom. The van der Waals surface area contributed by atoms with E-state index in [9.17, 15) is 4.79 Å². The van der Waals surface area contributed by atoms with Gasteiger partial charge in [0.05, 0.1) is 22.8 Å². The van der Waals surface area contributed by atoms with Gasteiger partial charge in [-0.05, 0) is 22.0 Å². The number of hydrogen-bond acceptors (Lipinski definition) is 4. The molecule has 0 radical (unpaired) electrons. The van der Waals surface area contributed by atoms with Gasteiger partial charge in [-0.25, -0.2) is 4.98 Å². The van der Waals surface area contributed by atoms with Gasteiger partial charge < -0.3 is 15.7 Å². The lowest BCUT2D eigenvalue weighted by Crippen LogP contribution is -2.22. The molecule has 15 heavy (non-hydrogen) atoms. The second-order valence-corrected chi connectivity index (χ2v) is 3.99. The third-order valence-electron chi connectivity index (χ3n) is 1.87. The van der Waals surface area contributed by atoms with Crippen molar-refractivity contribution in [1.29, 1.82) is 0 Å². The van der Waals surface area contributed by atoms with Crippen LogP contribution in [0.15, 0.2) is 16.7 Å². The standard InChI is InChI=1S/C9H12BrN3O2/c1-13(3-2-8(14)15)9-7(10)4-6(11)5-12-9/h4-5H,2-3,11H2,1H3,(H,14,15). The molecule has 5 nitrogen and oxygen atoms in total. The fourth-order valence-corrected chi connectivity index (χ4v) is 1.77. The van der Waals surface area contributed by atoms with E-state index < -0.39 is 5.97 Å². The molecule has 0 unspecified atom stereocenters. The van der Waals surface area contributed by atoms with Crippen LogP contribution in [-0.4, -0.2) is 29.7 Å². The van der Waals surface area contributed by atoms with Crippen molar-refractivity contribution in [3.8, 4) is 0 Å². The van der Waals surface area contributed by atoms with E-state index in [0.717, 1.165) is 4.47 Å². The largest absolute Gasteiger partial charge is 0.481 e. The number of nitrogens with zero attached hydrogens (tertiary/aromatic N) is 2. The predicted octanol–water partition coefficient (Wildman–Crippen LogP) is 1.34. The number of aromatic nitrogens is 1. The van der Waals surface area contributed by atoms with Crippen molar-refractivity contribution < 1.29 is 9.90 Å². The molecule has 0 bridgehead atoms. The van der Waals surface area contributed by atoms with Crippen molar-refractivity contribution in [3.05, 3.63) is 16.7 Å². The number of anilines is 2. The molecule has 0 aromatic carbocycles. The minimum atomic E-state index is -0.826. The van der Waals surface area contributed by atoms with E-state index in [0.29, 0.717) is 18.1 Å². The molecule has 0 saturated carbocycles. The first-order valence-electron chi connectivity index (χ1n) is 4.34. The zero-order valence-corrected chi connectivity index (χ0v) is 9.86. The summed E-state index contributed by atoms with van der Waals surface area (Å²) in [5.41, 5.74) is 6.11. The van der Waals surface area contributed by atoms with Gasteiger partial charge in [-0.1, -0.05) is 0 Å². The third-order valence-corrected chi connectivity index (χ3v) is 2.45. The van der Waals surface area contributed by atoms with E-state index in [2.05, 4.69) is 20.9 Å². The maximum atomic E-state index is 10.4. The average Bonchev–Trinajstić information content (AvgIpc) is 2.14. The van der Waals surface area contributed by atoms with Crippen LogP contribution in [-0.2, 0) is 4.79 Å². The van der Waals surface area contributed by atoms with Crippen LogP contribution in [0.4, 0.5) is 11.5 Å². The fourth-order valence-electron chi connectivity index (χ4n) is 1.10. The number of carboxylic acids is 1. The van der Waals surface area contributed by atoms with Crippen LogP contribution in [0.25, 0.3) is 0 Å². The van der Waals surface area contributed by atoms with Crippen molar-refractivity contribution in [2.75, 3.05) is 24.2 Å². The zero-order chi connectivity index (χ0) is 11.4. The maximum Gasteiger partial charge on any atom is 0.305 e. The van der Waals surface area contributed by atoms with Gasteiger partial charge in [0.25, 0.3) is 0 Å². The Morgan fingerprint density at radius 3 is 2.93 bits per heavy atom. The minimum Gasteiger partial charge on any atom is -0.481 e. The summed E-state index contributed by atoms with van der Waals surface area (Å²) in [5, 5.41) is 8.54. The molecule has 0 aliphatic rings. The molecule has 3 N–H and O–H groups in total. The molecule has 1 aromatic rings. The summed E-state index contributed by atoms with van der Waals surface area (Å²) in [6.07, 6.45) is 1.62. The van der Waals surface area contributed by atoms with Crippen LogP contribution in [0.5, 0.6) is 0 Å². The topological polar surface area (TPSA) is 79.5 Å². The van der Waals surface area contributed by atoms with Gasteiger partial charge in [0.15, 0.2) is 0 Å². The smallest absolute Gasteiger partial charge is 0.305 e. The highest BCUT2D eigenvalue weighted by Gasteiger charge is 2.08. The Kier molecular flexibility index (Phi) is 3.90. The Labute approximate surface area is 96.0 Å². The lowest BCUT2D eigenvalue weighted by Gasteiger charge is -2.18. The van der Waals surface area contributed by atoms with E-state index in [1.807, 2.05) is 0 Å². The first kappa shape index (κ1) is 11.8. The average molecular weight is 274 g/mol. The summed E-state index contributed by atoms with van der Waals surface area (Å²) >= 11 is 3.32. The molecule has 0 saturated heterocycles. The lowest BCUT2D eigenvalue weighted by atomic mass is 10.3. The molecule has 0 aliphatic heterocycles. The maximum absolute atomic E-state index is 10.4. The summed E-state index contributed by atoms with van der Waals surface area (Å²) in [6.45, 7) is 0.408. The van der Waals surface area contributed by atoms with Gasteiger partial charge in [0.1, 0.15) is 5.82 Å². The van der Waals surface area contributed by atoms with Gasteiger partial charge >= 0.3 is 5.97 Å². The highest BCUT2D eigenvalue weighted by Crippen LogP contribution is 2.24. The SMILES string of the molecule is CN(CCC(=O)O)c1ncc(N)cc1Br. The van der Waals surface area contributed by atoms with Crippen LogP contribution in [0.1, 0.15) is 6.42 Å². The molecular formula is C9H12BrN3O2. The fraction of sp³-hybridized carbons (Fsp3) is 0.333. The highest BCUT2D eigenvalue weighted by molar-refractivity contribution is 9.10. The number of carbonyl (C=O) groups is 1. The molecule has 1 rings (SSSR count). The summed E-state index contributed by atoms with van der Waals surface area (Å²) < 4.78 is 0.760. The third kappa shape index (κ3) is 3.39. The number of halogens is 1. The van der Waals surface area contributed by atoms with Crippen LogP contribution in [0.2, 0.25) is 0 Å². The predicted molar refractivity (Wildman–Crippen MR) is 61.9 cm³/mol. The van der Waals surface area contributed by atoms with E-state index in [1.165, 1.54) is 6.20 Å². The first-order chi connectivity index (χ1) is 7.00. The molecule has 82 valence electrons. The lowest BCUT2D eigenvalue weighted by molar-refractivity contribution is -0.136. The number of pyridine rings is 1.